The van der Waals surface area contributed by atoms with Gasteiger partial charge in [-0.25, -0.2) is 4.39 Å². The molecule has 34 heavy (non-hydrogen) atoms. The average molecular weight is 464 g/mol. The highest BCUT2D eigenvalue weighted by Gasteiger charge is 2.17. The number of esters is 1. The molecule has 0 spiro atoms. The predicted molar refractivity (Wildman–Crippen MR) is 127 cm³/mol. The molecule has 0 atom stereocenters. The van der Waals surface area contributed by atoms with Gasteiger partial charge in [0.1, 0.15) is 36.1 Å². The Morgan fingerprint density at radius 3 is 2.62 bits per heavy atom. The van der Waals surface area contributed by atoms with Crippen molar-refractivity contribution in [2.75, 3.05) is 6.61 Å². The van der Waals surface area contributed by atoms with Crippen molar-refractivity contribution in [3.63, 3.8) is 0 Å². The van der Waals surface area contributed by atoms with Crippen LogP contribution in [0.1, 0.15) is 29.4 Å². The largest absolute Gasteiger partial charge is 0.489 e. The summed E-state index contributed by atoms with van der Waals surface area (Å²) >= 11 is 0. The first-order chi connectivity index (χ1) is 16.5. The average Bonchev–Trinajstić information content (AvgIpc) is 3.27. The lowest BCUT2D eigenvalue weighted by molar-refractivity contribution is -0.142. The van der Waals surface area contributed by atoms with E-state index in [-0.39, 0.29) is 32.1 Å². The van der Waals surface area contributed by atoms with Crippen LogP contribution in [0.4, 0.5) is 4.39 Å². The molecule has 6 nitrogen and oxygen atoms in total. The van der Waals surface area contributed by atoms with Crippen molar-refractivity contribution in [3.8, 4) is 16.9 Å². The smallest absolute Gasteiger partial charge is 0.310 e. The van der Waals surface area contributed by atoms with Crippen LogP contribution >= 0.6 is 0 Å². The molecular weight excluding hydrogens is 437 g/mol. The Morgan fingerprint density at radius 1 is 1.06 bits per heavy atom. The number of rotatable bonds is 9. The van der Waals surface area contributed by atoms with Gasteiger partial charge in [0.15, 0.2) is 0 Å². The zero-order valence-electron chi connectivity index (χ0n) is 18.8. The van der Waals surface area contributed by atoms with Crippen molar-refractivity contribution in [1.82, 2.24) is 0 Å². The first-order valence-corrected chi connectivity index (χ1v) is 11.0. The maximum absolute atomic E-state index is 15.1. The molecule has 7 heteroatoms. The number of aliphatic hydroxyl groups excluding tert-OH is 1. The lowest BCUT2D eigenvalue weighted by Gasteiger charge is -2.13. The van der Waals surface area contributed by atoms with E-state index in [4.69, 9.17) is 19.6 Å². The van der Waals surface area contributed by atoms with Crippen LogP contribution in [0.25, 0.3) is 22.1 Å². The fourth-order valence-corrected chi connectivity index (χ4v) is 3.89. The SMILES string of the molecule is CCOC(=O)Cc1ccccc1OCc1cc(-c2cccc(CN)c2F)c2oc(CO)cc2c1. The van der Waals surface area contributed by atoms with Crippen LogP contribution in [0.15, 0.2) is 65.1 Å². The van der Waals surface area contributed by atoms with E-state index in [1.54, 1.807) is 43.3 Å². The molecule has 1 heterocycles. The monoisotopic (exact) mass is 463 g/mol. The highest BCUT2D eigenvalue weighted by Crippen LogP contribution is 2.35. The first kappa shape index (κ1) is 23.5. The van der Waals surface area contributed by atoms with Gasteiger partial charge in [0.2, 0.25) is 0 Å². The van der Waals surface area contributed by atoms with E-state index in [2.05, 4.69) is 0 Å². The number of carbonyl (C=O) groups excluding carboxylic acids is 1. The third-order valence-corrected chi connectivity index (χ3v) is 5.48. The molecule has 4 aromatic rings. The van der Waals surface area contributed by atoms with Crippen LogP contribution in [0.5, 0.6) is 5.75 Å². The Balaban J connectivity index is 1.70. The van der Waals surface area contributed by atoms with Gasteiger partial charge < -0.3 is 24.7 Å². The molecule has 176 valence electrons. The third-order valence-electron chi connectivity index (χ3n) is 5.48. The molecule has 4 rings (SSSR count). The Kier molecular flexibility index (Phi) is 7.25. The van der Waals surface area contributed by atoms with Gasteiger partial charge >= 0.3 is 5.97 Å². The lowest BCUT2D eigenvalue weighted by atomic mass is 9.98. The minimum absolute atomic E-state index is 0.0723. The van der Waals surface area contributed by atoms with Gasteiger partial charge in [-0.05, 0) is 36.8 Å². The van der Waals surface area contributed by atoms with Crippen LogP contribution in [0, 0.1) is 5.82 Å². The molecule has 0 radical (unpaired) electrons. The molecule has 0 aliphatic carbocycles. The first-order valence-electron chi connectivity index (χ1n) is 11.0. The molecule has 0 aliphatic rings. The van der Waals surface area contributed by atoms with Gasteiger partial charge in [-0.2, -0.15) is 0 Å². The van der Waals surface area contributed by atoms with Gasteiger partial charge in [0.25, 0.3) is 0 Å². The highest BCUT2D eigenvalue weighted by molar-refractivity contribution is 5.94. The number of furan rings is 1. The molecule has 0 amide bonds. The quantitative estimate of drug-likeness (QED) is 0.344. The summed E-state index contributed by atoms with van der Waals surface area (Å²) < 4.78 is 32.0. The zero-order valence-corrected chi connectivity index (χ0v) is 18.8. The van der Waals surface area contributed by atoms with E-state index < -0.39 is 5.82 Å². The summed E-state index contributed by atoms with van der Waals surface area (Å²) in [6.07, 6.45) is 0.104. The summed E-state index contributed by atoms with van der Waals surface area (Å²) in [4.78, 5) is 11.9. The lowest BCUT2D eigenvalue weighted by Crippen LogP contribution is -2.09. The van der Waals surface area contributed by atoms with E-state index >= 15 is 4.39 Å². The van der Waals surface area contributed by atoms with Crippen molar-refractivity contribution in [2.45, 2.75) is 33.1 Å². The Bertz CT molecular complexity index is 1310. The van der Waals surface area contributed by atoms with Crippen LogP contribution in [0.2, 0.25) is 0 Å². The fourth-order valence-electron chi connectivity index (χ4n) is 3.89. The summed E-state index contributed by atoms with van der Waals surface area (Å²) in [6, 6.07) is 17.7. The maximum Gasteiger partial charge on any atom is 0.310 e. The molecule has 0 saturated heterocycles. The topological polar surface area (TPSA) is 94.9 Å². The number of carbonyl (C=O) groups is 1. The van der Waals surface area contributed by atoms with Crippen molar-refractivity contribution >= 4 is 16.9 Å². The second kappa shape index (κ2) is 10.5. The minimum atomic E-state index is -0.411. The van der Waals surface area contributed by atoms with E-state index in [9.17, 15) is 9.90 Å². The van der Waals surface area contributed by atoms with Crippen molar-refractivity contribution in [1.29, 1.82) is 0 Å². The molecule has 3 N–H and O–H groups in total. The summed E-state index contributed by atoms with van der Waals surface area (Å²) in [5.41, 5.74) is 8.96. The summed E-state index contributed by atoms with van der Waals surface area (Å²) in [7, 11) is 0. The molecule has 0 saturated carbocycles. The van der Waals surface area contributed by atoms with Crippen LogP contribution < -0.4 is 10.5 Å². The standard InChI is InChI=1S/C27H26FNO5/c1-2-32-25(31)13-18-6-3-4-9-24(18)33-16-17-10-20-12-21(15-30)34-27(20)23(11-17)22-8-5-7-19(14-29)26(22)28/h3-12,30H,2,13-16,29H2,1H3. The summed E-state index contributed by atoms with van der Waals surface area (Å²) in [5.74, 6) is 0.208. The van der Waals surface area contributed by atoms with Crippen LogP contribution in [-0.2, 0) is 35.7 Å². The van der Waals surface area contributed by atoms with Gasteiger partial charge in [0, 0.05) is 34.2 Å². The van der Waals surface area contributed by atoms with Gasteiger partial charge in [-0.1, -0.05) is 36.4 Å². The van der Waals surface area contributed by atoms with E-state index in [1.807, 2.05) is 24.3 Å². The fraction of sp³-hybridized carbons (Fsp3) is 0.222. The third kappa shape index (κ3) is 4.95. The van der Waals surface area contributed by atoms with Crippen LogP contribution in [-0.4, -0.2) is 17.7 Å². The highest BCUT2D eigenvalue weighted by atomic mass is 19.1. The number of para-hydroxylation sites is 1. The number of fused-ring (bicyclic) bond motifs is 1. The van der Waals surface area contributed by atoms with Crippen molar-refractivity contribution in [3.05, 3.63) is 88.9 Å². The molecule has 0 bridgehead atoms. The van der Waals surface area contributed by atoms with Crippen LogP contribution in [0.3, 0.4) is 0 Å². The number of nitrogens with two attached hydrogens (primary N) is 1. The van der Waals surface area contributed by atoms with E-state index in [1.165, 1.54) is 0 Å². The summed E-state index contributed by atoms with van der Waals surface area (Å²) in [6.45, 7) is 2.06. The molecular formula is C27H26FNO5. The molecule has 3 aromatic carbocycles. The number of hydrogen-bond donors (Lipinski definition) is 2. The number of halogens is 1. The van der Waals surface area contributed by atoms with Crippen molar-refractivity contribution < 1.29 is 28.2 Å². The predicted octanol–water partition coefficient (Wildman–Crippen LogP) is 4.87. The van der Waals surface area contributed by atoms with Gasteiger partial charge in [-0.15, -0.1) is 0 Å². The number of benzene rings is 3. The maximum atomic E-state index is 15.1. The Labute approximate surface area is 196 Å². The minimum Gasteiger partial charge on any atom is -0.489 e. The Morgan fingerprint density at radius 2 is 1.85 bits per heavy atom. The molecule has 0 aliphatic heterocycles. The zero-order chi connectivity index (χ0) is 24.1. The van der Waals surface area contributed by atoms with Gasteiger partial charge in [0.05, 0.1) is 13.0 Å². The van der Waals surface area contributed by atoms with E-state index in [0.29, 0.717) is 40.4 Å². The molecule has 0 unspecified atom stereocenters. The number of ether oxygens (including phenoxy) is 2. The summed E-state index contributed by atoms with van der Waals surface area (Å²) in [5, 5.41) is 10.3. The second-order valence-electron chi connectivity index (χ2n) is 7.79. The number of hydrogen-bond acceptors (Lipinski definition) is 6. The van der Waals surface area contributed by atoms with Gasteiger partial charge in [-0.3, -0.25) is 4.79 Å². The van der Waals surface area contributed by atoms with Crippen molar-refractivity contribution in [2.24, 2.45) is 5.73 Å². The Hall–Kier alpha value is -3.68. The molecule has 0 fully saturated rings. The second-order valence-corrected chi connectivity index (χ2v) is 7.79. The normalized spacial score (nSPS) is 11.1. The van der Waals surface area contributed by atoms with E-state index in [0.717, 1.165) is 16.5 Å². The number of aliphatic hydroxyl groups is 1. The molecule has 1 aromatic heterocycles.